The van der Waals surface area contributed by atoms with Gasteiger partial charge in [-0.15, -0.1) is 0 Å². The lowest BCUT2D eigenvalue weighted by Crippen LogP contribution is -2.28. The van der Waals surface area contributed by atoms with Crippen molar-refractivity contribution < 1.29 is 4.74 Å². The van der Waals surface area contributed by atoms with Gasteiger partial charge < -0.3 is 4.74 Å². The average Bonchev–Trinajstić information content (AvgIpc) is 3.37. The lowest BCUT2D eigenvalue weighted by molar-refractivity contribution is 0.419. The van der Waals surface area contributed by atoms with Crippen LogP contribution in [0.3, 0.4) is 0 Å². The van der Waals surface area contributed by atoms with E-state index in [4.69, 9.17) is 4.74 Å². The van der Waals surface area contributed by atoms with Crippen LogP contribution in [0.4, 0.5) is 0 Å². The summed E-state index contributed by atoms with van der Waals surface area (Å²) in [6.07, 6.45) is 0. The molecule has 0 N–H and O–H groups in total. The fraction of sp³-hybridized carbons (Fsp3) is 0.0909. The molecule has 0 radical (unpaired) electrons. The molecular formula is C44H32O. The van der Waals surface area contributed by atoms with Gasteiger partial charge >= 0.3 is 0 Å². The molecular weight excluding hydrogens is 544 g/mol. The van der Waals surface area contributed by atoms with E-state index in [1.54, 1.807) is 0 Å². The summed E-state index contributed by atoms with van der Waals surface area (Å²) in [5, 5.41) is 2.53. The molecule has 7 aromatic carbocycles. The first-order valence-electron chi connectivity index (χ1n) is 15.8. The molecule has 1 aliphatic heterocycles. The third-order valence-corrected chi connectivity index (χ3v) is 10.2. The van der Waals surface area contributed by atoms with Crippen molar-refractivity contribution in [3.63, 3.8) is 0 Å². The number of ether oxygens (including phenoxy) is 1. The van der Waals surface area contributed by atoms with E-state index in [0.717, 1.165) is 22.6 Å². The first-order valence-corrected chi connectivity index (χ1v) is 15.8. The van der Waals surface area contributed by atoms with Crippen molar-refractivity contribution >= 4 is 10.8 Å². The Balaban J connectivity index is 1.26. The number of hydrogen-bond acceptors (Lipinski definition) is 1. The zero-order valence-corrected chi connectivity index (χ0v) is 25.4. The van der Waals surface area contributed by atoms with Crippen molar-refractivity contribution in [2.45, 2.75) is 24.7 Å². The minimum Gasteiger partial charge on any atom is -0.456 e. The van der Waals surface area contributed by atoms with Crippen LogP contribution in [0.25, 0.3) is 33.0 Å². The first-order chi connectivity index (χ1) is 22.1. The molecule has 0 spiro atoms. The third kappa shape index (κ3) is 3.61. The van der Waals surface area contributed by atoms with Gasteiger partial charge in [-0.1, -0.05) is 153 Å². The molecule has 2 aliphatic rings. The highest BCUT2D eigenvalue weighted by Crippen LogP contribution is 2.57. The molecule has 0 aromatic heterocycles. The smallest absolute Gasteiger partial charge is 0.139 e. The van der Waals surface area contributed by atoms with E-state index in [1.807, 2.05) is 0 Å². The van der Waals surface area contributed by atoms with Crippen LogP contribution < -0.4 is 4.74 Å². The second-order valence-corrected chi connectivity index (χ2v) is 12.9. The number of rotatable bonds is 3. The molecule has 214 valence electrons. The molecule has 7 aromatic rings. The van der Waals surface area contributed by atoms with Crippen molar-refractivity contribution in [1.82, 2.24) is 0 Å². The summed E-state index contributed by atoms with van der Waals surface area (Å²) in [7, 11) is 0. The van der Waals surface area contributed by atoms with Gasteiger partial charge in [-0.05, 0) is 67.9 Å². The van der Waals surface area contributed by atoms with E-state index in [0.29, 0.717) is 0 Å². The average molecular weight is 577 g/mol. The normalized spacial score (nSPS) is 17.1. The van der Waals surface area contributed by atoms with Gasteiger partial charge in [0.05, 0.1) is 5.41 Å². The van der Waals surface area contributed by atoms with Crippen molar-refractivity contribution in [1.29, 1.82) is 0 Å². The molecule has 45 heavy (non-hydrogen) atoms. The van der Waals surface area contributed by atoms with Crippen LogP contribution in [0, 0.1) is 0 Å². The number of para-hydroxylation sites is 2. The highest BCUT2D eigenvalue weighted by atomic mass is 16.5. The van der Waals surface area contributed by atoms with Crippen LogP contribution in [0.5, 0.6) is 11.5 Å². The number of fused-ring (bicyclic) bond motifs is 6. The van der Waals surface area contributed by atoms with E-state index in [2.05, 4.69) is 172 Å². The van der Waals surface area contributed by atoms with E-state index in [9.17, 15) is 0 Å². The molecule has 9 rings (SSSR count). The molecule has 0 saturated carbocycles. The Morgan fingerprint density at radius 3 is 1.82 bits per heavy atom. The summed E-state index contributed by atoms with van der Waals surface area (Å²) in [5.41, 5.74) is 11.9. The molecule has 1 atom stereocenters. The fourth-order valence-corrected chi connectivity index (χ4v) is 8.03. The summed E-state index contributed by atoms with van der Waals surface area (Å²) >= 11 is 0. The van der Waals surface area contributed by atoms with E-state index in [1.165, 1.54) is 55.3 Å². The standard InChI is InChI=1S/C44H32O/c1-43(2)38-20-10-11-22-41(38)45-42-34(18-12-21-39(42)43)29-23-25-33(26-24-29)44(32-15-4-3-5-16-32)37-19-9-8-17-35(37)36-27-30-13-6-7-14-31(30)28-40(36)44/h3-28H,1-2H3. The molecule has 0 amide bonds. The summed E-state index contributed by atoms with van der Waals surface area (Å²) in [6.45, 7) is 4.59. The van der Waals surface area contributed by atoms with Crippen LogP contribution in [0.1, 0.15) is 47.2 Å². The molecule has 1 nitrogen and oxygen atoms in total. The maximum atomic E-state index is 6.65. The molecule has 0 saturated heterocycles. The fourth-order valence-electron chi connectivity index (χ4n) is 8.03. The largest absolute Gasteiger partial charge is 0.456 e. The van der Waals surface area contributed by atoms with Gasteiger partial charge in [-0.3, -0.25) is 0 Å². The molecule has 1 heterocycles. The van der Waals surface area contributed by atoms with E-state index >= 15 is 0 Å². The van der Waals surface area contributed by atoms with Crippen molar-refractivity contribution in [2.75, 3.05) is 0 Å². The van der Waals surface area contributed by atoms with Crippen LogP contribution in [0.15, 0.2) is 158 Å². The molecule has 0 fully saturated rings. The lowest BCUT2D eigenvalue weighted by Gasteiger charge is -2.36. The zero-order valence-electron chi connectivity index (χ0n) is 25.4. The van der Waals surface area contributed by atoms with Gasteiger partial charge in [0, 0.05) is 22.1 Å². The second-order valence-electron chi connectivity index (χ2n) is 12.9. The van der Waals surface area contributed by atoms with Gasteiger partial charge in [0.25, 0.3) is 0 Å². The Kier molecular flexibility index (Phi) is 5.53. The third-order valence-electron chi connectivity index (χ3n) is 10.2. The SMILES string of the molecule is CC1(C)c2ccccc2Oc2c(-c3ccc(C4(c5ccccc5)c5ccccc5-c5cc6ccccc6cc54)cc3)cccc21. The summed E-state index contributed by atoms with van der Waals surface area (Å²) in [6, 6.07) is 57.8. The molecule has 1 unspecified atom stereocenters. The number of benzene rings is 7. The van der Waals surface area contributed by atoms with Crippen LogP contribution in [-0.4, -0.2) is 0 Å². The summed E-state index contributed by atoms with van der Waals surface area (Å²) in [5.74, 6) is 1.89. The summed E-state index contributed by atoms with van der Waals surface area (Å²) in [4.78, 5) is 0. The van der Waals surface area contributed by atoms with Gasteiger partial charge in [0.2, 0.25) is 0 Å². The Bertz CT molecular complexity index is 2260. The van der Waals surface area contributed by atoms with Crippen molar-refractivity contribution in [2.24, 2.45) is 0 Å². The van der Waals surface area contributed by atoms with Crippen molar-refractivity contribution in [3.05, 3.63) is 191 Å². The van der Waals surface area contributed by atoms with E-state index in [-0.39, 0.29) is 5.41 Å². The topological polar surface area (TPSA) is 9.23 Å². The Labute approximate surface area is 264 Å². The molecule has 1 heteroatoms. The second kappa shape index (κ2) is 9.55. The van der Waals surface area contributed by atoms with E-state index < -0.39 is 5.41 Å². The predicted octanol–water partition coefficient (Wildman–Crippen LogP) is 11.3. The number of hydrogen-bond donors (Lipinski definition) is 0. The van der Waals surface area contributed by atoms with Crippen LogP contribution in [-0.2, 0) is 10.8 Å². The molecule has 0 bridgehead atoms. The van der Waals surface area contributed by atoms with Gasteiger partial charge in [-0.2, -0.15) is 0 Å². The van der Waals surface area contributed by atoms with Crippen molar-refractivity contribution in [3.8, 4) is 33.8 Å². The Morgan fingerprint density at radius 1 is 0.422 bits per heavy atom. The predicted molar refractivity (Wildman–Crippen MR) is 185 cm³/mol. The van der Waals surface area contributed by atoms with Gasteiger partial charge in [-0.25, -0.2) is 0 Å². The monoisotopic (exact) mass is 576 g/mol. The quantitative estimate of drug-likeness (QED) is 0.203. The highest BCUT2D eigenvalue weighted by Gasteiger charge is 2.46. The minimum absolute atomic E-state index is 0.155. The Hall–Kier alpha value is -5.40. The maximum Gasteiger partial charge on any atom is 0.139 e. The highest BCUT2D eigenvalue weighted by molar-refractivity contribution is 5.96. The minimum atomic E-state index is -0.441. The molecule has 1 aliphatic carbocycles. The maximum absolute atomic E-state index is 6.65. The Morgan fingerprint density at radius 2 is 1.02 bits per heavy atom. The van der Waals surface area contributed by atoms with Gasteiger partial charge in [0.1, 0.15) is 11.5 Å². The van der Waals surface area contributed by atoms with Crippen LogP contribution in [0.2, 0.25) is 0 Å². The lowest BCUT2D eigenvalue weighted by atomic mass is 9.67. The van der Waals surface area contributed by atoms with Crippen LogP contribution >= 0.6 is 0 Å². The zero-order chi connectivity index (χ0) is 30.2. The summed E-state index contributed by atoms with van der Waals surface area (Å²) < 4.78 is 6.65. The first kappa shape index (κ1) is 26.0. The van der Waals surface area contributed by atoms with Gasteiger partial charge in [0.15, 0.2) is 0 Å².